The van der Waals surface area contributed by atoms with Crippen molar-refractivity contribution in [2.45, 2.75) is 18.8 Å². The number of rotatable bonds is 6. The second-order valence-corrected chi connectivity index (χ2v) is 3.97. The van der Waals surface area contributed by atoms with Gasteiger partial charge in [0.1, 0.15) is 0 Å². The van der Waals surface area contributed by atoms with Gasteiger partial charge in [0.05, 0.1) is 13.2 Å². The van der Waals surface area contributed by atoms with Crippen molar-refractivity contribution >= 4 is 11.9 Å². The Labute approximate surface area is 117 Å². The van der Waals surface area contributed by atoms with Crippen LogP contribution in [0.2, 0.25) is 0 Å². The highest BCUT2D eigenvalue weighted by atomic mass is 19.4. The van der Waals surface area contributed by atoms with Crippen molar-refractivity contribution in [2.75, 3.05) is 6.61 Å². The summed E-state index contributed by atoms with van der Waals surface area (Å²) in [6, 6.07) is 6.00. The number of hydrogen-bond acceptors (Lipinski definition) is 5. The molecule has 1 atom stereocenters. The predicted octanol–water partition coefficient (Wildman–Crippen LogP) is 0.955. The highest BCUT2D eigenvalue weighted by Crippen LogP contribution is 2.19. The summed E-state index contributed by atoms with van der Waals surface area (Å²) in [5, 5.41) is 18.1. The summed E-state index contributed by atoms with van der Waals surface area (Å²) in [6.45, 7) is -1.44. The van der Waals surface area contributed by atoms with Crippen molar-refractivity contribution in [3.05, 3.63) is 35.9 Å². The number of carboxylic acids is 1. The summed E-state index contributed by atoms with van der Waals surface area (Å²) in [7, 11) is 0. The predicted molar refractivity (Wildman–Crippen MR) is 62.6 cm³/mol. The number of aliphatic hydroxyl groups is 1. The van der Waals surface area contributed by atoms with Crippen LogP contribution in [-0.2, 0) is 21.0 Å². The Morgan fingerprint density at radius 1 is 1.24 bits per heavy atom. The molecule has 116 valence electrons. The van der Waals surface area contributed by atoms with E-state index in [9.17, 15) is 22.8 Å². The van der Waals surface area contributed by atoms with Crippen LogP contribution >= 0.6 is 0 Å². The Morgan fingerprint density at radius 2 is 1.81 bits per heavy atom. The Balaban J connectivity index is 2.94. The Hall–Kier alpha value is -2.13. The van der Waals surface area contributed by atoms with Gasteiger partial charge < -0.3 is 15.1 Å². The molecule has 0 aliphatic heterocycles. The van der Waals surface area contributed by atoms with E-state index in [1.807, 2.05) is 0 Å². The molecule has 1 aromatic rings. The first kappa shape index (κ1) is 16.9. The van der Waals surface area contributed by atoms with Crippen molar-refractivity contribution in [2.24, 2.45) is 0 Å². The average molecular weight is 307 g/mol. The van der Waals surface area contributed by atoms with Crippen LogP contribution in [0.4, 0.5) is 13.2 Å². The first-order valence-corrected chi connectivity index (χ1v) is 5.69. The van der Waals surface area contributed by atoms with Gasteiger partial charge in [-0.1, -0.05) is 30.3 Å². The molecular weight excluding hydrogens is 295 g/mol. The first-order valence-electron chi connectivity index (χ1n) is 5.69. The van der Waals surface area contributed by atoms with E-state index in [-0.39, 0.29) is 5.06 Å². The summed E-state index contributed by atoms with van der Waals surface area (Å²) >= 11 is 0. The molecule has 0 aliphatic carbocycles. The topological polar surface area (TPSA) is 87.1 Å². The second kappa shape index (κ2) is 7.04. The monoisotopic (exact) mass is 307 g/mol. The molecule has 1 rings (SSSR count). The molecule has 0 radical (unpaired) electrons. The van der Waals surface area contributed by atoms with E-state index in [4.69, 9.17) is 10.2 Å². The summed E-state index contributed by atoms with van der Waals surface area (Å²) < 4.78 is 36.6. The van der Waals surface area contributed by atoms with Crippen molar-refractivity contribution in [3.63, 3.8) is 0 Å². The van der Waals surface area contributed by atoms with Gasteiger partial charge in [-0.05, 0) is 5.56 Å². The van der Waals surface area contributed by atoms with Crippen LogP contribution in [0.3, 0.4) is 0 Å². The number of carboxylic acid groups (broad SMARTS) is 1. The van der Waals surface area contributed by atoms with Gasteiger partial charge in [0, 0.05) is 0 Å². The zero-order chi connectivity index (χ0) is 16.0. The molecule has 0 fully saturated rings. The molecule has 0 amide bonds. The molecule has 9 heteroatoms. The fourth-order valence-corrected chi connectivity index (χ4v) is 1.42. The lowest BCUT2D eigenvalue weighted by atomic mass is 10.2. The summed E-state index contributed by atoms with van der Waals surface area (Å²) in [5.41, 5.74) is 0.409. The van der Waals surface area contributed by atoms with Gasteiger partial charge >= 0.3 is 18.1 Å². The molecule has 0 aliphatic rings. The molecule has 0 bridgehead atoms. The molecule has 0 saturated heterocycles. The normalized spacial score (nSPS) is 13.0. The smallest absolute Gasteiger partial charge is 0.480 e. The quantitative estimate of drug-likeness (QED) is 0.761. The van der Waals surface area contributed by atoms with Gasteiger partial charge in [0.2, 0.25) is 0 Å². The fourth-order valence-electron chi connectivity index (χ4n) is 1.42. The van der Waals surface area contributed by atoms with Crippen LogP contribution in [0.1, 0.15) is 5.56 Å². The maximum atomic E-state index is 12.2. The van der Waals surface area contributed by atoms with Crippen LogP contribution in [-0.4, -0.2) is 46.0 Å². The van der Waals surface area contributed by atoms with E-state index in [2.05, 4.69) is 4.84 Å². The number of alkyl halides is 3. The molecule has 1 unspecified atom stereocenters. The number of carbonyl (C=O) groups is 2. The minimum atomic E-state index is -5.27. The van der Waals surface area contributed by atoms with Gasteiger partial charge in [0.15, 0.2) is 6.04 Å². The molecule has 2 N–H and O–H groups in total. The number of carbonyl (C=O) groups excluding carboxylic acids is 1. The maximum Gasteiger partial charge on any atom is 0.492 e. The molecule has 21 heavy (non-hydrogen) atoms. The van der Waals surface area contributed by atoms with E-state index in [1.54, 1.807) is 18.2 Å². The minimum Gasteiger partial charge on any atom is -0.480 e. The second-order valence-electron chi connectivity index (χ2n) is 3.97. The Bertz CT molecular complexity index is 491. The van der Waals surface area contributed by atoms with Crippen LogP contribution in [0.5, 0.6) is 0 Å². The Kier molecular flexibility index (Phi) is 5.68. The highest BCUT2D eigenvalue weighted by Gasteiger charge is 2.44. The van der Waals surface area contributed by atoms with Gasteiger partial charge in [-0.25, -0.2) is 4.79 Å². The zero-order valence-corrected chi connectivity index (χ0v) is 10.6. The van der Waals surface area contributed by atoms with Crippen LogP contribution in [0.25, 0.3) is 0 Å². The van der Waals surface area contributed by atoms with Crippen molar-refractivity contribution in [3.8, 4) is 0 Å². The largest absolute Gasteiger partial charge is 0.492 e. The third-order valence-corrected chi connectivity index (χ3v) is 2.42. The van der Waals surface area contributed by atoms with Crippen LogP contribution in [0, 0.1) is 0 Å². The lowest BCUT2D eigenvalue weighted by molar-refractivity contribution is -0.251. The summed E-state index contributed by atoms with van der Waals surface area (Å²) in [4.78, 5) is 25.8. The number of benzene rings is 1. The molecule has 0 aromatic heterocycles. The van der Waals surface area contributed by atoms with E-state index >= 15 is 0 Å². The summed E-state index contributed by atoms with van der Waals surface area (Å²) in [6.07, 6.45) is -5.27. The van der Waals surface area contributed by atoms with Gasteiger partial charge in [-0.3, -0.25) is 4.79 Å². The van der Waals surface area contributed by atoms with Gasteiger partial charge in [-0.2, -0.15) is 13.2 Å². The number of aliphatic hydroxyl groups excluding tert-OH is 1. The number of hydroxylamine groups is 2. The van der Waals surface area contributed by atoms with E-state index in [0.29, 0.717) is 5.56 Å². The van der Waals surface area contributed by atoms with E-state index < -0.39 is 37.3 Å². The van der Waals surface area contributed by atoms with Crippen LogP contribution in [0.15, 0.2) is 30.3 Å². The highest BCUT2D eigenvalue weighted by molar-refractivity contribution is 5.76. The molecule has 0 saturated carbocycles. The van der Waals surface area contributed by atoms with Gasteiger partial charge in [-0.15, -0.1) is 5.06 Å². The third kappa shape index (κ3) is 5.04. The standard InChI is InChI=1S/C12H12F3NO5/c13-12(14,15)11(20)21-16(9(7-17)10(18)19)6-8-4-2-1-3-5-8/h1-5,9,17H,6-7H2,(H,18,19). The maximum absolute atomic E-state index is 12.2. The SMILES string of the molecule is O=C(O)C(CO)N(Cc1ccccc1)OC(=O)C(F)(F)F. The van der Waals surface area contributed by atoms with Gasteiger partial charge in [0.25, 0.3) is 0 Å². The van der Waals surface area contributed by atoms with Crippen molar-refractivity contribution < 1.29 is 37.8 Å². The van der Waals surface area contributed by atoms with E-state index in [1.165, 1.54) is 12.1 Å². The first-order chi connectivity index (χ1) is 9.75. The number of aliphatic carboxylic acids is 1. The minimum absolute atomic E-state index is 0.285. The van der Waals surface area contributed by atoms with E-state index in [0.717, 1.165) is 0 Å². The lowest BCUT2D eigenvalue weighted by Crippen LogP contribution is -2.46. The number of nitrogens with zero attached hydrogens (tertiary/aromatic N) is 1. The zero-order valence-electron chi connectivity index (χ0n) is 10.6. The lowest BCUT2D eigenvalue weighted by Gasteiger charge is -2.26. The molecule has 0 heterocycles. The molecule has 0 spiro atoms. The number of hydrogen-bond donors (Lipinski definition) is 2. The third-order valence-electron chi connectivity index (χ3n) is 2.42. The van der Waals surface area contributed by atoms with Crippen molar-refractivity contribution in [1.82, 2.24) is 5.06 Å². The van der Waals surface area contributed by atoms with Crippen molar-refractivity contribution in [1.29, 1.82) is 0 Å². The Morgan fingerprint density at radius 3 is 2.24 bits per heavy atom. The molecule has 6 nitrogen and oxygen atoms in total. The van der Waals surface area contributed by atoms with Crippen LogP contribution < -0.4 is 0 Å². The molecular formula is C12H12F3NO5. The fraction of sp³-hybridized carbons (Fsp3) is 0.333. The molecule has 1 aromatic carbocycles. The average Bonchev–Trinajstić information content (AvgIpc) is 2.39. The number of halogens is 3. The summed E-state index contributed by atoms with van der Waals surface area (Å²) in [5.74, 6) is -4.18.